The van der Waals surface area contributed by atoms with E-state index in [-0.39, 0.29) is 12.3 Å². The van der Waals surface area contributed by atoms with Crippen LogP contribution in [0.2, 0.25) is 0 Å². The molecule has 0 aromatic heterocycles. The van der Waals surface area contributed by atoms with Gasteiger partial charge in [0.15, 0.2) is 0 Å². The molecule has 0 amide bonds. The van der Waals surface area contributed by atoms with Crippen LogP contribution in [0.5, 0.6) is 0 Å². The highest BCUT2D eigenvalue weighted by Gasteiger charge is 1.98. The van der Waals surface area contributed by atoms with Crippen LogP contribution < -0.4 is 5.11 Å². The maximum absolute atomic E-state index is 9.97. The van der Waals surface area contributed by atoms with E-state index >= 15 is 0 Å². The molecule has 0 rings (SSSR count). The molecular weight excluding hydrogens is 116 g/mol. The average molecular weight is 129 g/mol. The molecule has 0 unspecified atom stereocenters. The van der Waals surface area contributed by atoms with Crippen LogP contribution in [0, 0.1) is 5.92 Å². The smallest absolute Gasteiger partial charge is 0.0416 e. The zero-order chi connectivity index (χ0) is 7.28. The zero-order valence-electron chi connectivity index (χ0n) is 6.02. The lowest BCUT2D eigenvalue weighted by atomic mass is 10.0. The predicted molar refractivity (Wildman–Crippen MR) is 33.7 cm³/mol. The Bertz CT molecular complexity index is 88.9. The number of aliphatic carboxylic acids is 1. The molecule has 0 N–H and O–H groups in total. The van der Waals surface area contributed by atoms with E-state index < -0.39 is 5.97 Å². The standard InChI is InChI=1S/C7H14O2/c1-3-4-6(2)5-7(8)9/h6H,3-5H2,1-2H3,(H,8,9)/p-1/t6-/m1/s1. The van der Waals surface area contributed by atoms with Crippen molar-refractivity contribution in [3.05, 3.63) is 0 Å². The summed E-state index contributed by atoms with van der Waals surface area (Å²) in [7, 11) is 0. The van der Waals surface area contributed by atoms with Crippen LogP contribution in [0.15, 0.2) is 0 Å². The first kappa shape index (κ1) is 8.47. The van der Waals surface area contributed by atoms with Crippen LogP contribution in [-0.4, -0.2) is 5.97 Å². The van der Waals surface area contributed by atoms with E-state index in [2.05, 4.69) is 0 Å². The molecule has 2 nitrogen and oxygen atoms in total. The average Bonchev–Trinajstić information content (AvgIpc) is 1.63. The first-order chi connectivity index (χ1) is 4.16. The predicted octanol–water partition coefficient (Wildman–Crippen LogP) is 0.563. The third-order valence-electron chi connectivity index (χ3n) is 1.30. The molecule has 0 aliphatic carbocycles. The van der Waals surface area contributed by atoms with Crippen molar-refractivity contribution in [2.24, 2.45) is 5.92 Å². The third kappa shape index (κ3) is 5.34. The van der Waals surface area contributed by atoms with Gasteiger partial charge >= 0.3 is 0 Å². The molecule has 0 aliphatic heterocycles. The number of carbonyl (C=O) groups is 1. The van der Waals surface area contributed by atoms with Gasteiger partial charge in [-0.25, -0.2) is 0 Å². The van der Waals surface area contributed by atoms with E-state index in [1.54, 1.807) is 0 Å². The Balaban J connectivity index is 3.26. The van der Waals surface area contributed by atoms with Gasteiger partial charge in [-0.1, -0.05) is 26.7 Å². The van der Waals surface area contributed by atoms with Crippen molar-refractivity contribution < 1.29 is 9.90 Å². The fourth-order valence-electron chi connectivity index (χ4n) is 0.879. The van der Waals surface area contributed by atoms with Crippen LogP contribution in [0.4, 0.5) is 0 Å². The molecule has 0 aromatic carbocycles. The Morgan fingerprint density at radius 1 is 1.67 bits per heavy atom. The lowest BCUT2D eigenvalue weighted by Gasteiger charge is -2.08. The minimum Gasteiger partial charge on any atom is -0.550 e. The largest absolute Gasteiger partial charge is 0.550 e. The van der Waals surface area contributed by atoms with Gasteiger partial charge in [0.1, 0.15) is 0 Å². The molecule has 0 heterocycles. The molecule has 0 saturated heterocycles. The van der Waals surface area contributed by atoms with E-state index in [0.717, 1.165) is 12.8 Å². The Kier molecular flexibility index (Phi) is 4.10. The molecule has 0 spiro atoms. The van der Waals surface area contributed by atoms with Gasteiger partial charge in [-0.05, 0) is 12.3 Å². The minimum absolute atomic E-state index is 0.202. The highest BCUT2D eigenvalue weighted by atomic mass is 16.4. The Labute approximate surface area is 55.9 Å². The van der Waals surface area contributed by atoms with Gasteiger partial charge < -0.3 is 9.90 Å². The summed E-state index contributed by atoms with van der Waals surface area (Å²) in [5.74, 6) is -0.657. The van der Waals surface area contributed by atoms with Crippen LogP contribution in [0.1, 0.15) is 33.1 Å². The number of carbonyl (C=O) groups excluding carboxylic acids is 1. The van der Waals surface area contributed by atoms with Crippen molar-refractivity contribution in [3.63, 3.8) is 0 Å². The summed E-state index contributed by atoms with van der Waals surface area (Å²) >= 11 is 0. The van der Waals surface area contributed by atoms with E-state index in [1.807, 2.05) is 13.8 Å². The van der Waals surface area contributed by atoms with Crippen molar-refractivity contribution in [1.82, 2.24) is 0 Å². The van der Waals surface area contributed by atoms with Crippen molar-refractivity contribution in [3.8, 4) is 0 Å². The van der Waals surface area contributed by atoms with E-state index in [0.29, 0.717) is 0 Å². The number of hydrogen-bond donors (Lipinski definition) is 0. The van der Waals surface area contributed by atoms with Gasteiger partial charge in [0.25, 0.3) is 0 Å². The van der Waals surface area contributed by atoms with Gasteiger partial charge in [-0.2, -0.15) is 0 Å². The second-order valence-corrected chi connectivity index (χ2v) is 2.47. The highest BCUT2D eigenvalue weighted by Crippen LogP contribution is 2.07. The summed E-state index contributed by atoms with van der Waals surface area (Å²) in [6.07, 6.45) is 2.23. The molecule has 0 fully saturated rings. The summed E-state index contributed by atoms with van der Waals surface area (Å²) in [4.78, 5) is 9.97. The summed E-state index contributed by atoms with van der Waals surface area (Å²) < 4.78 is 0. The van der Waals surface area contributed by atoms with Crippen molar-refractivity contribution in [1.29, 1.82) is 0 Å². The second-order valence-electron chi connectivity index (χ2n) is 2.47. The van der Waals surface area contributed by atoms with E-state index in [1.165, 1.54) is 0 Å². The molecule has 54 valence electrons. The fraction of sp³-hybridized carbons (Fsp3) is 0.857. The van der Waals surface area contributed by atoms with Crippen molar-refractivity contribution in [2.75, 3.05) is 0 Å². The molecule has 0 radical (unpaired) electrons. The maximum Gasteiger partial charge on any atom is 0.0416 e. The molecule has 0 bridgehead atoms. The highest BCUT2D eigenvalue weighted by molar-refractivity contribution is 5.64. The Hall–Kier alpha value is -0.530. The van der Waals surface area contributed by atoms with Crippen LogP contribution in [-0.2, 0) is 4.79 Å². The van der Waals surface area contributed by atoms with E-state index in [4.69, 9.17) is 0 Å². The molecule has 0 aromatic rings. The normalized spacial score (nSPS) is 13.1. The van der Waals surface area contributed by atoms with Crippen molar-refractivity contribution >= 4 is 5.97 Å². The van der Waals surface area contributed by atoms with Gasteiger partial charge in [0, 0.05) is 5.97 Å². The van der Waals surface area contributed by atoms with Crippen LogP contribution in [0.25, 0.3) is 0 Å². The van der Waals surface area contributed by atoms with Gasteiger partial charge in [-0.3, -0.25) is 0 Å². The maximum atomic E-state index is 9.97. The van der Waals surface area contributed by atoms with Crippen molar-refractivity contribution in [2.45, 2.75) is 33.1 Å². The van der Waals surface area contributed by atoms with Crippen LogP contribution in [0.3, 0.4) is 0 Å². The SMILES string of the molecule is CCC[C@@H](C)CC(=O)[O-]. The summed E-state index contributed by atoms with van der Waals surface area (Å²) in [5, 5.41) is 9.97. The van der Waals surface area contributed by atoms with Crippen LogP contribution >= 0.6 is 0 Å². The monoisotopic (exact) mass is 129 g/mol. The molecule has 9 heavy (non-hydrogen) atoms. The molecule has 2 heteroatoms. The summed E-state index contributed by atoms with van der Waals surface area (Å²) in [6.45, 7) is 3.98. The number of carboxylic acids is 1. The van der Waals surface area contributed by atoms with Gasteiger partial charge in [0.05, 0.1) is 0 Å². The zero-order valence-corrected chi connectivity index (χ0v) is 6.02. The third-order valence-corrected chi connectivity index (χ3v) is 1.30. The molecule has 0 aliphatic rings. The lowest BCUT2D eigenvalue weighted by molar-refractivity contribution is -0.306. The quantitative estimate of drug-likeness (QED) is 0.556. The first-order valence-electron chi connectivity index (χ1n) is 3.36. The topological polar surface area (TPSA) is 40.1 Å². The second kappa shape index (κ2) is 4.36. The summed E-state index contributed by atoms with van der Waals surface area (Å²) in [6, 6.07) is 0. The fourth-order valence-corrected chi connectivity index (χ4v) is 0.879. The summed E-state index contributed by atoms with van der Waals surface area (Å²) in [5.41, 5.74) is 0. The van der Waals surface area contributed by atoms with Gasteiger partial charge in [0.2, 0.25) is 0 Å². The Morgan fingerprint density at radius 3 is 2.56 bits per heavy atom. The van der Waals surface area contributed by atoms with E-state index in [9.17, 15) is 9.90 Å². The molecular formula is C7H13O2-. The number of carboxylic acid groups (broad SMARTS) is 1. The number of rotatable bonds is 4. The molecule has 1 atom stereocenters. The Morgan fingerprint density at radius 2 is 2.22 bits per heavy atom. The van der Waals surface area contributed by atoms with Gasteiger partial charge in [-0.15, -0.1) is 0 Å². The number of hydrogen-bond acceptors (Lipinski definition) is 2. The molecule has 0 saturated carbocycles. The first-order valence-corrected chi connectivity index (χ1v) is 3.36. The lowest BCUT2D eigenvalue weighted by Crippen LogP contribution is -2.24. The minimum atomic E-state index is -0.934.